The molecule has 0 amide bonds. The molecule has 0 fully saturated rings. The van der Waals surface area contributed by atoms with E-state index in [9.17, 15) is 12.8 Å². The van der Waals surface area contributed by atoms with E-state index in [2.05, 4.69) is 16.1 Å². The molecular formula is C14H19FN2O2S. The van der Waals surface area contributed by atoms with Gasteiger partial charge in [0.05, 0.1) is 5.75 Å². The van der Waals surface area contributed by atoms with E-state index in [-0.39, 0.29) is 11.6 Å². The highest BCUT2D eigenvalue weighted by atomic mass is 32.2. The fraction of sp³-hybridized carbons (Fsp3) is 0.429. The van der Waals surface area contributed by atoms with Crippen molar-refractivity contribution in [1.82, 2.24) is 10.0 Å². The van der Waals surface area contributed by atoms with Crippen LogP contribution in [0.1, 0.15) is 18.4 Å². The van der Waals surface area contributed by atoms with Crippen molar-refractivity contribution in [3.8, 4) is 0 Å². The molecule has 1 aromatic carbocycles. The normalized spacial score (nSPS) is 15.9. The van der Waals surface area contributed by atoms with Crippen molar-refractivity contribution in [2.24, 2.45) is 0 Å². The lowest BCUT2D eigenvalue weighted by molar-refractivity contribution is 0.578. The van der Waals surface area contributed by atoms with Gasteiger partial charge in [-0.25, -0.2) is 17.5 Å². The van der Waals surface area contributed by atoms with Crippen LogP contribution in [-0.4, -0.2) is 28.1 Å². The Balaban J connectivity index is 1.81. The van der Waals surface area contributed by atoms with E-state index in [0.717, 1.165) is 25.9 Å². The summed E-state index contributed by atoms with van der Waals surface area (Å²) in [5.41, 5.74) is 1.87. The van der Waals surface area contributed by atoms with E-state index in [1.165, 1.54) is 29.8 Å². The Morgan fingerprint density at radius 3 is 2.65 bits per heavy atom. The van der Waals surface area contributed by atoms with Gasteiger partial charge in [0.25, 0.3) is 0 Å². The Labute approximate surface area is 119 Å². The van der Waals surface area contributed by atoms with Crippen LogP contribution in [0.5, 0.6) is 0 Å². The summed E-state index contributed by atoms with van der Waals surface area (Å²) in [4.78, 5) is 0. The van der Waals surface area contributed by atoms with Crippen molar-refractivity contribution in [2.75, 3.05) is 19.6 Å². The zero-order valence-electron chi connectivity index (χ0n) is 11.2. The SMILES string of the molecule is O=S(=O)(Cc1ccc(F)cc1)NCCC1=CCNCC1. The van der Waals surface area contributed by atoms with Crippen LogP contribution in [0, 0.1) is 5.82 Å². The third kappa shape index (κ3) is 5.03. The predicted octanol–water partition coefficient (Wildman–Crippen LogP) is 1.55. The second-order valence-corrected chi connectivity index (χ2v) is 6.65. The molecule has 0 saturated heterocycles. The Morgan fingerprint density at radius 1 is 1.25 bits per heavy atom. The van der Waals surface area contributed by atoms with Crippen molar-refractivity contribution in [1.29, 1.82) is 0 Å². The van der Waals surface area contributed by atoms with Crippen molar-refractivity contribution in [2.45, 2.75) is 18.6 Å². The molecule has 0 saturated carbocycles. The number of hydrogen-bond acceptors (Lipinski definition) is 3. The molecular weight excluding hydrogens is 279 g/mol. The summed E-state index contributed by atoms with van der Waals surface area (Å²) in [5, 5.41) is 3.21. The maximum Gasteiger partial charge on any atom is 0.215 e. The highest BCUT2D eigenvalue weighted by molar-refractivity contribution is 7.88. The second kappa shape index (κ2) is 6.97. The number of rotatable bonds is 6. The quantitative estimate of drug-likeness (QED) is 0.784. The Bertz CT molecular complexity index is 567. The smallest absolute Gasteiger partial charge is 0.215 e. The van der Waals surface area contributed by atoms with Gasteiger partial charge in [0.15, 0.2) is 0 Å². The number of halogens is 1. The largest absolute Gasteiger partial charge is 0.313 e. The minimum Gasteiger partial charge on any atom is -0.313 e. The van der Waals surface area contributed by atoms with E-state index < -0.39 is 10.0 Å². The lowest BCUT2D eigenvalue weighted by Gasteiger charge is -2.14. The fourth-order valence-corrected chi connectivity index (χ4v) is 3.26. The first-order valence-electron chi connectivity index (χ1n) is 6.65. The van der Waals surface area contributed by atoms with Crippen molar-refractivity contribution in [3.05, 3.63) is 47.3 Å². The number of hydrogen-bond donors (Lipinski definition) is 2. The first-order valence-corrected chi connectivity index (χ1v) is 8.31. The monoisotopic (exact) mass is 298 g/mol. The van der Waals surface area contributed by atoms with Crippen LogP contribution in [-0.2, 0) is 15.8 Å². The van der Waals surface area contributed by atoms with Crippen molar-refractivity contribution >= 4 is 10.0 Å². The van der Waals surface area contributed by atoms with Gasteiger partial charge in [-0.1, -0.05) is 23.8 Å². The molecule has 2 N–H and O–H groups in total. The molecule has 20 heavy (non-hydrogen) atoms. The van der Waals surface area contributed by atoms with E-state index in [0.29, 0.717) is 12.1 Å². The Kier molecular flexibility index (Phi) is 5.28. The number of nitrogens with one attached hydrogen (secondary N) is 2. The topological polar surface area (TPSA) is 58.2 Å². The molecule has 110 valence electrons. The van der Waals surface area contributed by atoms with Crippen LogP contribution in [0.2, 0.25) is 0 Å². The van der Waals surface area contributed by atoms with Crippen LogP contribution in [0.4, 0.5) is 4.39 Å². The zero-order chi connectivity index (χ0) is 14.4. The third-order valence-corrected chi connectivity index (χ3v) is 4.55. The molecule has 1 aromatic rings. The molecule has 0 aromatic heterocycles. The fourth-order valence-electron chi connectivity index (χ4n) is 2.11. The first kappa shape index (κ1) is 15.2. The summed E-state index contributed by atoms with van der Waals surface area (Å²) in [6, 6.07) is 5.52. The highest BCUT2D eigenvalue weighted by Gasteiger charge is 2.11. The summed E-state index contributed by atoms with van der Waals surface area (Å²) in [7, 11) is -3.36. The number of benzene rings is 1. The molecule has 4 nitrogen and oxygen atoms in total. The predicted molar refractivity (Wildman–Crippen MR) is 77.2 cm³/mol. The summed E-state index contributed by atoms with van der Waals surface area (Å²) >= 11 is 0. The first-order chi connectivity index (χ1) is 9.55. The van der Waals surface area contributed by atoms with Gasteiger partial charge in [-0.15, -0.1) is 0 Å². The van der Waals surface area contributed by atoms with Gasteiger partial charge in [0.2, 0.25) is 10.0 Å². The third-order valence-electron chi connectivity index (χ3n) is 3.20. The van der Waals surface area contributed by atoms with Crippen LogP contribution in [0.15, 0.2) is 35.9 Å². The summed E-state index contributed by atoms with van der Waals surface area (Å²) in [6.45, 7) is 2.22. The van der Waals surface area contributed by atoms with E-state index >= 15 is 0 Å². The summed E-state index contributed by atoms with van der Waals surface area (Å²) < 4.78 is 39.1. The molecule has 0 spiro atoms. The lowest BCUT2D eigenvalue weighted by atomic mass is 10.1. The van der Waals surface area contributed by atoms with Gasteiger partial charge in [-0.2, -0.15) is 0 Å². The van der Waals surface area contributed by atoms with Gasteiger partial charge in [-0.3, -0.25) is 0 Å². The maximum atomic E-state index is 12.8. The summed E-state index contributed by atoms with van der Waals surface area (Å²) in [6.07, 6.45) is 3.82. The molecule has 2 rings (SSSR count). The minimum absolute atomic E-state index is 0.117. The maximum absolute atomic E-state index is 12.8. The lowest BCUT2D eigenvalue weighted by Crippen LogP contribution is -2.27. The molecule has 0 atom stereocenters. The van der Waals surface area contributed by atoms with Crippen LogP contribution in [0.25, 0.3) is 0 Å². The standard InChI is InChI=1S/C14H19FN2O2S/c15-14-3-1-13(2-4-14)11-20(18,19)17-10-7-12-5-8-16-9-6-12/h1-5,16-17H,6-11H2. The Hall–Kier alpha value is -1.24. The van der Waals surface area contributed by atoms with Crippen LogP contribution in [0.3, 0.4) is 0 Å². The van der Waals surface area contributed by atoms with Crippen LogP contribution >= 0.6 is 0 Å². The van der Waals surface area contributed by atoms with Gasteiger partial charge in [-0.05, 0) is 37.1 Å². The average Bonchev–Trinajstić information content (AvgIpc) is 2.42. The van der Waals surface area contributed by atoms with E-state index in [1.807, 2.05) is 0 Å². The van der Waals surface area contributed by atoms with Gasteiger partial charge in [0.1, 0.15) is 5.82 Å². The Morgan fingerprint density at radius 2 is 2.00 bits per heavy atom. The molecule has 1 heterocycles. The molecule has 0 unspecified atom stereocenters. The molecule has 0 bridgehead atoms. The van der Waals surface area contributed by atoms with E-state index in [4.69, 9.17) is 0 Å². The van der Waals surface area contributed by atoms with Gasteiger partial charge >= 0.3 is 0 Å². The zero-order valence-corrected chi connectivity index (χ0v) is 12.0. The van der Waals surface area contributed by atoms with Crippen molar-refractivity contribution < 1.29 is 12.8 Å². The summed E-state index contributed by atoms with van der Waals surface area (Å²) in [5.74, 6) is -0.481. The molecule has 6 heteroatoms. The van der Waals surface area contributed by atoms with Crippen molar-refractivity contribution in [3.63, 3.8) is 0 Å². The minimum atomic E-state index is -3.36. The van der Waals surface area contributed by atoms with E-state index in [1.54, 1.807) is 0 Å². The van der Waals surface area contributed by atoms with Gasteiger partial charge in [0, 0.05) is 13.1 Å². The molecule has 1 aliphatic heterocycles. The van der Waals surface area contributed by atoms with Gasteiger partial charge < -0.3 is 5.32 Å². The molecule has 0 radical (unpaired) electrons. The molecule has 1 aliphatic rings. The number of sulfonamides is 1. The highest BCUT2D eigenvalue weighted by Crippen LogP contribution is 2.10. The second-order valence-electron chi connectivity index (χ2n) is 4.85. The van der Waals surface area contributed by atoms with Crippen LogP contribution < -0.4 is 10.0 Å². The average molecular weight is 298 g/mol. The molecule has 0 aliphatic carbocycles.